The first-order valence-electron chi connectivity index (χ1n) is 14.3. The third kappa shape index (κ3) is 3.92. The third-order valence-electron chi connectivity index (χ3n) is 11.7. The second-order valence-corrected chi connectivity index (χ2v) is 13.0. The van der Waals surface area contributed by atoms with Gasteiger partial charge in [-0.1, -0.05) is 26.0 Å². The maximum absolute atomic E-state index is 13.6. The number of methoxy groups -OCH3 is 1. The Labute approximate surface area is 221 Å². The molecule has 5 rings (SSSR count). The number of ether oxygens (including phenoxy) is 1. The fourth-order valence-electron chi connectivity index (χ4n) is 9.98. The number of fused-ring (bicyclic) bond motifs is 5. The summed E-state index contributed by atoms with van der Waals surface area (Å²) >= 11 is 0. The van der Waals surface area contributed by atoms with Gasteiger partial charge in [-0.05, 0) is 104 Å². The summed E-state index contributed by atoms with van der Waals surface area (Å²) in [6, 6.07) is -0.578. The van der Waals surface area contributed by atoms with Crippen LogP contribution in [0, 0.1) is 45.8 Å². The van der Waals surface area contributed by atoms with Crippen molar-refractivity contribution < 1.29 is 19.1 Å². The third-order valence-corrected chi connectivity index (χ3v) is 11.7. The molecule has 1 amide bonds. The minimum atomic E-state index is -0.578. The largest absolute Gasteiger partial charge is 0.467 e. The smallest absolute Gasteiger partial charge is 0.328 e. The van der Waals surface area contributed by atoms with Gasteiger partial charge in [0.05, 0.1) is 12.5 Å². The summed E-state index contributed by atoms with van der Waals surface area (Å²) < 4.78 is 5.14. The zero-order valence-electron chi connectivity index (χ0n) is 23.1. The second-order valence-electron chi connectivity index (χ2n) is 13.0. The molecule has 1 aliphatic heterocycles. The molecule has 6 nitrogen and oxygen atoms in total. The van der Waals surface area contributed by atoms with Crippen LogP contribution in [0.2, 0.25) is 0 Å². The van der Waals surface area contributed by atoms with Gasteiger partial charge in [0.2, 0.25) is 5.91 Å². The van der Waals surface area contributed by atoms with Crippen molar-refractivity contribution in [1.29, 1.82) is 0 Å². The van der Waals surface area contributed by atoms with Gasteiger partial charge in [0, 0.05) is 25.2 Å². The fourth-order valence-corrected chi connectivity index (χ4v) is 9.98. The molecule has 2 N–H and O–H groups in total. The summed E-state index contributed by atoms with van der Waals surface area (Å²) in [5, 5.41) is 6.39. The van der Waals surface area contributed by atoms with Crippen LogP contribution in [0.15, 0.2) is 36.2 Å². The van der Waals surface area contributed by atoms with Crippen LogP contribution in [-0.2, 0) is 19.1 Å². The Balaban J connectivity index is 1.45. The Morgan fingerprint density at radius 1 is 1.00 bits per heavy atom. The van der Waals surface area contributed by atoms with Crippen molar-refractivity contribution >= 4 is 17.7 Å². The summed E-state index contributed by atoms with van der Waals surface area (Å²) in [5.74, 6) is 1.96. The molecule has 4 aliphatic carbocycles. The lowest BCUT2D eigenvalue weighted by molar-refractivity contribution is -0.164. The number of carbonyl (C=O) groups excluding carboxylic acids is 3. The predicted octanol–water partition coefficient (Wildman–Crippen LogP) is 5.07. The number of esters is 1. The van der Waals surface area contributed by atoms with Gasteiger partial charge >= 0.3 is 5.97 Å². The maximum atomic E-state index is 13.6. The number of ketones is 1. The van der Waals surface area contributed by atoms with E-state index >= 15 is 0 Å². The standard InChI is InChI=1S/C31H44N2O4/c1-19(34)33-27(28(36)37-5)23-12-11-21-20-10-13-24-30(3,22(20)14-16-29(21,23)2)17-15-26(35)31(24,4)25-9-7-6-8-18-32-25/h6-9,18,20-24,27,32H,10-17H2,1-5H3,(H,33,34)/t20-,21-,22-,23?,24+,27?,29-,30+,31?/m0/s1. The fraction of sp³-hybridized carbons (Fsp3) is 0.710. The molecule has 1 heterocycles. The first-order chi connectivity index (χ1) is 17.6. The Morgan fingerprint density at radius 2 is 1.76 bits per heavy atom. The van der Waals surface area contributed by atoms with E-state index in [1.54, 1.807) is 0 Å². The summed E-state index contributed by atoms with van der Waals surface area (Å²) in [5.41, 5.74) is 0.638. The summed E-state index contributed by atoms with van der Waals surface area (Å²) in [7, 11) is 1.41. The van der Waals surface area contributed by atoms with E-state index in [0.29, 0.717) is 35.9 Å². The Hall–Kier alpha value is -2.37. The van der Waals surface area contributed by atoms with Gasteiger partial charge < -0.3 is 15.4 Å². The molecule has 202 valence electrons. The Morgan fingerprint density at radius 3 is 2.49 bits per heavy atom. The van der Waals surface area contributed by atoms with Crippen LogP contribution >= 0.6 is 0 Å². The van der Waals surface area contributed by atoms with Gasteiger partial charge in [0.15, 0.2) is 0 Å². The number of hydrogen-bond acceptors (Lipinski definition) is 5. The zero-order valence-corrected chi connectivity index (χ0v) is 23.1. The van der Waals surface area contributed by atoms with Gasteiger partial charge in [-0.2, -0.15) is 0 Å². The molecule has 4 fully saturated rings. The lowest BCUT2D eigenvalue weighted by atomic mass is 9.40. The molecule has 4 saturated carbocycles. The van der Waals surface area contributed by atoms with Crippen molar-refractivity contribution in [1.82, 2.24) is 10.6 Å². The van der Waals surface area contributed by atoms with Crippen molar-refractivity contribution in [2.45, 2.75) is 85.1 Å². The van der Waals surface area contributed by atoms with Crippen LogP contribution in [0.1, 0.15) is 79.1 Å². The molecule has 37 heavy (non-hydrogen) atoms. The van der Waals surface area contributed by atoms with Gasteiger partial charge in [0.1, 0.15) is 11.8 Å². The summed E-state index contributed by atoms with van der Waals surface area (Å²) in [4.78, 5) is 38.4. The SMILES string of the molecule is COC(=O)C(NC(C)=O)C1CC[C@H]2[C@@H]3CC[C@H]4C(C)(C5=CC=CC=CN5)C(=O)CC[C@]4(C)[C@H]3CC[C@]12C. The molecular formula is C31H44N2O4. The van der Waals surface area contributed by atoms with Crippen LogP contribution in [0.3, 0.4) is 0 Å². The molecular weight excluding hydrogens is 464 g/mol. The van der Waals surface area contributed by atoms with Crippen LogP contribution in [-0.4, -0.2) is 30.8 Å². The van der Waals surface area contributed by atoms with Crippen LogP contribution in [0.25, 0.3) is 0 Å². The van der Waals surface area contributed by atoms with Gasteiger partial charge in [-0.15, -0.1) is 0 Å². The zero-order chi connectivity index (χ0) is 26.6. The molecule has 0 aromatic rings. The van der Waals surface area contributed by atoms with Crippen molar-refractivity contribution in [3.63, 3.8) is 0 Å². The van der Waals surface area contributed by atoms with Crippen LogP contribution in [0.5, 0.6) is 0 Å². The first kappa shape index (κ1) is 26.2. The highest BCUT2D eigenvalue weighted by molar-refractivity contribution is 5.89. The predicted molar refractivity (Wildman–Crippen MR) is 143 cm³/mol. The molecule has 0 aromatic carbocycles. The normalized spacial score (nSPS) is 43.3. The highest BCUT2D eigenvalue weighted by Gasteiger charge is 2.65. The molecule has 6 heteroatoms. The summed E-state index contributed by atoms with van der Waals surface area (Å²) in [6.07, 6.45) is 18.1. The van der Waals surface area contributed by atoms with E-state index in [1.165, 1.54) is 14.0 Å². The molecule has 0 spiro atoms. The molecule has 3 unspecified atom stereocenters. The second kappa shape index (κ2) is 9.43. The van der Waals surface area contributed by atoms with Crippen molar-refractivity contribution in [3.8, 4) is 0 Å². The molecule has 5 aliphatic rings. The highest BCUT2D eigenvalue weighted by Crippen LogP contribution is 2.70. The quantitative estimate of drug-likeness (QED) is 0.518. The first-order valence-corrected chi connectivity index (χ1v) is 14.3. The van der Waals surface area contributed by atoms with E-state index in [9.17, 15) is 14.4 Å². The molecule has 0 aromatic heterocycles. The number of nitrogens with one attached hydrogen (secondary N) is 2. The number of Topliss-reactive ketones (excluding diaryl/α,β-unsaturated/α-hetero) is 1. The number of rotatable bonds is 4. The molecule has 0 saturated heterocycles. The minimum absolute atomic E-state index is 0.000416. The number of amides is 1. The van der Waals surface area contributed by atoms with Crippen molar-refractivity contribution in [2.75, 3.05) is 7.11 Å². The van der Waals surface area contributed by atoms with E-state index in [2.05, 4.69) is 37.5 Å². The molecule has 0 radical (unpaired) electrons. The van der Waals surface area contributed by atoms with E-state index in [1.807, 2.05) is 24.4 Å². The highest BCUT2D eigenvalue weighted by atomic mass is 16.5. The van der Waals surface area contributed by atoms with Gasteiger partial charge in [0.25, 0.3) is 0 Å². The van der Waals surface area contributed by atoms with E-state index in [4.69, 9.17) is 4.74 Å². The Kier molecular flexibility index (Phi) is 6.69. The van der Waals surface area contributed by atoms with Crippen molar-refractivity contribution in [2.24, 2.45) is 45.8 Å². The van der Waals surface area contributed by atoms with Gasteiger partial charge in [-0.25, -0.2) is 4.79 Å². The van der Waals surface area contributed by atoms with E-state index in [-0.39, 0.29) is 28.6 Å². The van der Waals surface area contributed by atoms with Crippen molar-refractivity contribution in [3.05, 3.63) is 36.2 Å². The van der Waals surface area contributed by atoms with E-state index < -0.39 is 11.5 Å². The average molecular weight is 509 g/mol. The van der Waals surface area contributed by atoms with Gasteiger partial charge in [-0.3, -0.25) is 9.59 Å². The Bertz CT molecular complexity index is 1060. The maximum Gasteiger partial charge on any atom is 0.328 e. The topological polar surface area (TPSA) is 84.5 Å². The number of allylic oxidation sites excluding steroid dienone is 5. The molecule has 9 atom stereocenters. The lowest BCUT2D eigenvalue weighted by Crippen LogP contribution is -2.61. The number of hydrogen-bond donors (Lipinski definition) is 2. The van der Waals surface area contributed by atoms with Crippen LogP contribution < -0.4 is 10.6 Å². The molecule has 0 bridgehead atoms. The summed E-state index contributed by atoms with van der Waals surface area (Å²) in [6.45, 7) is 8.52. The minimum Gasteiger partial charge on any atom is -0.467 e. The van der Waals surface area contributed by atoms with E-state index in [0.717, 1.165) is 50.6 Å². The number of carbonyl (C=O) groups is 3. The monoisotopic (exact) mass is 508 g/mol. The lowest BCUT2D eigenvalue weighted by Gasteiger charge is -2.64. The van der Waals surface area contributed by atoms with Crippen LogP contribution in [0.4, 0.5) is 0 Å². The average Bonchev–Trinajstić information content (AvgIpc) is 3.02.